The van der Waals surface area contributed by atoms with Gasteiger partial charge in [0, 0.05) is 31.8 Å². The summed E-state index contributed by atoms with van der Waals surface area (Å²) < 4.78 is 0. The zero-order valence-corrected chi connectivity index (χ0v) is 14.0. The van der Waals surface area contributed by atoms with E-state index in [0.29, 0.717) is 17.7 Å². The molecule has 0 aromatic heterocycles. The second-order valence-electron chi connectivity index (χ2n) is 5.90. The van der Waals surface area contributed by atoms with E-state index >= 15 is 0 Å². The maximum atomic E-state index is 12.2. The van der Waals surface area contributed by atoms with E-state index in [1.54, 1.807) is 26.2 Å². The van der Waals surface area contributed by atoms with Crippen molar-refractivity contribution in [3.8, 4) is 0 Å². The number of nitrogens with one attached hydrogen (secondary N) is 1. The average molecular weight is 310 g/mol. The number of amides is 2. The van der Waals surface area contributed by atoms with E-state index in [2.05, 4.69) is 5.32 Å². The van der Waals surface area contributed by atoms with Crippen LogP contribution in [0.3, 0.4) is 0 Å². The highest BCUT2D eigenvalue weighted by molar-refractivity contribution is 5.95. The summed E-state index contributed by atoms with van der Waals surface area (Å²) in [4.78, 5) is 25.6. The van der Waals surface area contributed by atoms with Crippen LogP contribution in [0.25, 0.3) is 0 Å². The molecule has 0 saturated heterocycles. The highest BCUT2D eigenvalue weighted by Crippen LogP contribution is 2.11. The second kappa shape index (κ2) is 7.09. The molecule has 4 heteroatoms. The van der Waals surface area contributed by atoms with Crippen molar-refractivity contribution in [3.63, 3.8) is 0 Å². The lowest BCUT2D eigenvalue weighted by molar-refractivity contribution is 0.0827. The molecule has 2 rings (SSSR count). The second-order valence-corrected chi connectivity index (χ2v) is 5.90. The van der Waals surface area contributed by atoms with Gasteiger partial charge in [-0.25, -0.2) is 0 Å². The normalized spacial score (nSPS) is 10.3. The molecule has 0 bridgehead atoms. The lowest BCUT2D eigenvalue weighted by atomic mass is 10.0. The summed E-state index contributed by atoms with van der Waals surface area (Å²) in [6.07, 6.45) is 0. The van der Waals surface area contributed by atoms with E-state index in [9.17, 15) is 9.59 Å². The molecule has 2 aromatic rings. The number of aryl methyl sites for hydroxylation is 2. The lowest BCUT2D eigenvalue weighted by Gasteiger charge is -2.11. The molecule has 1 N–H and O–H groups in total. The van der Waals surface area contributed by atoms with Crippen LogP contribution in [0.4, 0.5) is 0 Å². The van der Waals surface area contributed by atoms with Gasteiger partial charge in [-0.3, -0.25) is 9.59 Å². The van der Waals surface area contributed by atoms with Crippen LogP contribution >= 0.6 is 0 Å². The van der Waals surface area contributed by atoms with Crippen molar-refractivity contribution in [1.29, 1.82) is 0 Å². The highest BCUT2D eigenvalue weighted by atomic mass is 16.2. The van der Waals surface area contributed by atoms with Crippen molar-refractivity contribution in [2.75, 3.05) is 14.1 Å². The van der Waals surface area contributed by atoms with Crippen LogP contribution in [0, 0.1) is 13.8 Å². The maximum absolute atomic E-state index is 12.2. The van der Waals surface area contributed by atoms with Crippen molar-refractivity contribution < 1.29 is 9.59 Å². The fraction of sp³-hybridized carbons (Fsp3) is 0.263. The summed E-state index contributed by atoms with van der Waals surface area (Å²) in [6.45, 7) is 4.37. The van der Waals surface area contributed by atoms with Crippen molar-refractivity contribution in [1.82, 2.24) is 10.2 Å². The molecule has 0 aliphatic heterocycles. The number of nitrogens with zero attached hydrogens (tertiary/aromatic N) is 1. The third-order valence-corrected chi connectivity index (χ3v) is 3.69. The Morgan fingerprint density at radius 3 is 2.22 bits per heavy atom. The van der Waals surface area contributed by atoms with E-state index in [4.69, 9.17) is 0 Å². The van der Waals surface area contributed by atoms with Gasteiger partial charge in [-0.15, -0.1) is 0 Å². The van der Waals surface area contributed by atoms with Crippen molar-refractivity contribution in [3.05, 3.63) is 70.3 Å². The van der Waals surface area contributed by atoms with Crippen LogP contribution in [0.15, 0.2) is 42.5 Å². The number of rotatable bonds is 4. The summed E-state index contributed by atoms with van der Waals surface area (Å²) in [5.74, 6) is -0.119. The molecule has 0 spiro atoms. The summed E-state index contributed by atoms with van der Waals surface area (Å²) in [5, 5.41) is 2.91. The quantitative estimate of drug-likeness (QED) is 0.944. The Kier molecular flexibility index (Phi) is 5.16. The molecule has 2 aromatic carbocycles. The molecule has 4 nitrogen and oxygen atoms in total. The molecule has 0 unspecified atom stereocenters. The van der Waals surface area contributed by atoms with E-state index in [1.807, 2.05) is 44.2 Å². The van der Waals surface area contributed by atoms with Gasteiger partial charge >= 0.3 is 0 Å². The number of carbonyl (C=O) groups excluding carboxylic acids is 2. The zero-order chi connectivity index (χ0) is 17.0. The predicted molar refractivity (Wildman–Crippen MR) is 91.5 cm³/mol. The standard InChI is InChI=1S/C19H22N2O2/c1-13-5-10-17(14(2)11-13)18(22)20-12-15-6-8-16(9-7-15)19(23)21(3)4/h5-11H,12H2,1-4H3,(H,20,22). The third-order valence-electron chi connectivity index (χ3n) is 3.69. The van der Waals surface area contributed by atoms with Crippen molar-refractivity contribution in [2.45, 2.75) is 20.4 Å². The van der Waals surface area contributed by atoms with E-state index in [1.165, 1.54) is 4.90 Å². The summed E-state index contributed by atoms with van der Waals surface area (Å²) in [6, 6.07) is 13.1. The Bertz CT molecular complexity index is 719. The Morgan fingerprint density at radius 2 is 1.65 bits per heavy atom. The Morgan fingerprint density at radius 1 is 1.00 bits per heavy atom. The van der Waals surface area contributed by atoms with Crippen LogP contribution in [0.2, 0.25) is 0 Å². The van der Waals surface area contributed by atoms with Crippen LogP contribution in [0.1, 0.15) is 37.4 Å². The molecule has 0 aliphatic rings. The van der Waals surface area contributed by atoms with Crippen molar-refractivity contribution in [2.24, 2.45) is 0 Å². The molecule has 0 saturated carbocycles. The molecular weight excluding hydrogens is 288 g/mol. The predicted octanol–water partition coefficient (Wildman–Crippen LogP) is 2.94. The highest BCUT2D eigenvalue weighted by Gasteiger charge is 2.10. The lowest BCUT2D eigenvalue weighted by Crippen LogP contribution is -2.24. The minimum Gasteiger partial charge on any atom is -0.348 e. The molecular formula is C19H22N2O2. The molecule has 23 heavy (non-hydrogen) atoms. The topological polar surface area (TPSA) is 49.4 Å². The van der Waals surface area contributed by atoms with Crippen LogP contribution in [-0.2, 0) is 6.54 Å². The molecule has 0 aliphatic carbocycles. The van der Waals surface area contributed by atoms with Gasteiger partial charge in [0.15, 0.2) is 0 Å². The first-order valence-electron chi connectivity index (χ1n) is 7.54. The summed E-state index contributed by atoms with van der Waals surface area (Å²) >= 11 is 0. The van der Waals surface area contributed by atoms with E-state index < -0.39 is 0 Å². The first kappa shape index (κ1) is 16.7. The number of hydrogen-bond acceptors (Lipinski definition) is 2. The molecule has 120 valence electrons. The van der Waals surface area contributed by atoms with Gasteiger partial charge in [-0.05, 0) is 43.2 Å². The monoisotopic (exact) mass is 310 g/mol. The van der Waals surface area contributed by atoms with Gasteiger partial charge < -0.3 is 10.2 Å². The minimum atomic E-state index is -0.0871. The fourth-order valence-corrected chi connectivity index (χ4v) is 2.37. The molecule has 2 amide bonds. The largest absolute Gasteiger partial charge is 0.348 e. The Hall–Kier alpha value is -2.62. The van der Waals surface area contributed by atoms with Gasteiger partial charge in [0.2, 0.25) is 0 Å². The van der Waals surface area contributed by atoms with E-state index in [0.717, 1.165) is 16.7 Å². The minimum absolute atomic E-state index is 0.0316. The van der Waals surface area contributed by atoms with Crippen LogP contribution in [-0.4, -0.2) is 30.8 Å². The molecule has 0 fully saturated rings. The first-order valence-corrected chi connectivity index (χ1v) is 7.54. The zero-order valence-electron chi connectivity index (χ0n) is 14.0. The smallest absolute Gasteiger partial charge is 0.253 e. The van der Waals surface area contributed by atoms with Crippen LogP contribution in [0.5, 0.6) is 0 Å². The van der Waals surface area contributed by atoms with Gasteiger partial charge in [0.25, 0.3) is 11.8 Å². The number of carbonyl (C=O) groups is 2. The van der Waals surface area contributed by atoms with Gasteiger partial charge in [0.1, 0.15) is 0 Å². The van der Waals surface area contributed by atoms with Gasteiger partial charge in [-0.1, -0.05) is 29.8 Å². The van der Waals surface area contributed by atoms with Gasteiger partial charge in [0.05, 0.1) is 0 Å². The fourth-order valence-electron chi connectivity index (χ4n) is 2.37. The first-order chi connectivity index (χ1) is 10.9. The third kappa shape index (κ3) is 4.19. The SMILES string of the molecule is Cc1ccc(C(=O)NCc2ccc(C(=O)N(C)C)cc2)c(C)c1. The summed E-state index contributed by atoms with van der Waals surface area (Å²) in [5.41, 5.74) is 4.39. The maximum Gasteiger partial charge on any atom is 0.253 e. The number of benzene rings is 2. The Balaban J connectivity index is 2.00. The van der Waals surface area contributed by atoms with Crippen LogP contribution < -0.4 is 5.32 Å². The average Bonchev–Trinajstić information content (AvgIpc) is 2.52. The van der Waals surface area contributed by atoms with Gasteiger partial charge in [-0.2, -0.15) is 0 Å². The Labute approximate surface area is 137 Å². The molecule has 0 radical (unpaired) electrons. The van der Waals surface area contributed by atoms with Crippen molar-refractivity contribution >= 4 is 11.8 Å². The number of hydrogen-bond donors (Lipinski definition) is 1. The van der Waals surface area contributed by atoms with E-state index in [-0.39, 0.29) is 11.8 Å². The summed E-state index contributed by atoms with van der Waals surface area (Å²) in [7, 11) is 3.45. The molecule has 0 atom stereocenters. The molecule has 0 heterocycles.